The first-order valence-corrected chi connectivity index (χ1v) is 5.69. The molecule has 0 heterocycles. The van der Waals surface area contributed by atoms with Crippen LogP contribution in [0.4, 0.5) is 0 Å². The van der Waals surface area contributed by atoms with Crippen LogP contribution in [-0.2, 0) is 9.59 Å². The lowest BCUT2D eigenvalue weighted by atomic mass is 10.2. The van der Waals surface area contributed by atoms with E-state index in [0.717, 1.165) is 0 Å². The van der Waals surface area contributed by atoms with Crippen molar-refractivity contribution in [2.75, 3.05) is 14.2 Å². The summed E-state index contributed by atoms with van der Waals surface area (Å²) in [6.45, 7) is 1.65. The third-order valence-corrected chi connectivity index (χ3v) is 2.42. The van der Waals surface area contributed by atoms with Crippen molar-refractivity contribution in [3.8, 4) is 23.0 Å². The molecule has 0 amide bonds. The number of benzene rings is 1. The quantitative estimate of drug-likeness (QED) is 0.480. The maximum absolute atomic E-state index is 11.5. The Hall–Kier alpha value is -2.24. The molecule has 0 saturated carbocycles. The average Bonchev–Trinajstić information content (AvgIpc) is 2.40. The average molecular weight is 268 g/mol. The van der Waals surface area contributed by atoms with Gasteiger partial charge in [0.05, 0.1) is 14.2 Å². The minimum atomic E-state index is -0.745. The fourth-order valence-electron chi connectivity index (χ4n) is 1.37. The molecule has 1 aromatic carbocycles. The van der Waals surface area contributed by atoms with E-state index < -0.39 is 5.97 Å². The molecule has 0 radical (unpaired) electrons. The van der Waals surface area contributed by atoms with Gasteiger partial charge >= 0.3 is 5.97 Å². The number of ether oxygens (including phenoxy) is 3. The number of phenolic OH excluding ortho intramolecular Hbond substituents is 1. The summed E-state index contributed by atoms with van der Waals surface area (Å²) in [4.78, 5) is 22.7. The Morgan fingerprint density at radius 3 is 2.42 bits per heavy atom. The van der Waals surface area contributed by atoms with Gasteiger partial charge in [0.2, 0.25) is 5.75 Å². The molecule has 0 unspecified atom stereocenters. The fraction of sp³-hybridized carbons (Fsp3) is 0.385. The summed E-state index contributed by atoms with van der Waals surface area (Å²) in [5, 5.41) is 9.75. The van der Waals surface area contributed by atoms with Gasteiger partial charge in [-0.25, -0.2) is 0 Å². The highest BCUT2D eigenvalue weighted by Gasteiger charge is 2.18. The Kier molecular flexibility index (Phi) is 5.17. The number of Topliss-reactive ketones (excluding diaryl/α,β-unsaturated/α-hetero) is 1. The summed E-state index contributed by atoms with van der Waals surface area (Å²) in [5.74, 6) is -0.902. The van der Waals surface area contributed by atoms with E-state index in [4.69, 9.17) is 14.2 Å². The topological polar surface area (TPSA) is 82.1 Å². The van der Waals surface area contributed by atoms with Crippen LogP contribution in [0.25, 0.3) is 0 Å². The molecule has 0 aliphatic carbocycles. The van der Waals surface area contributed by atoms with Gasteiger partial charge in [0.15, 0.2) is 11.5 Å². The van der Waals surface area contributed by atoms with E-state index in [-0.39, 0.29) is 35.9 Å². The second-order valence-corrected chi connectivity index (χ2v) is 3.72. The maximum atomic E-state index is 11.5. The van der Waals surface area contributed by atoms with E-state index in [1.54, 1.807) is 6.92 Å². The van der Waals surface area contributed by atoms with Gasteiger partial charge in [-0.15, -0.1) is 0 Å². The molecule has 1 rings (SSSR count). The normalized spacial score (nSPS) is 9.84. The van der Waals surface area contributed by atoms with E-state index in [9.17, 15) is 14.7 Å². The Balaban J connectivity index is 2.94. The van der Waals surface area contributed by atoms with Crippen molar-refractivity contribution < 1.29 is 28.9 Å². The molecule has 6 nitrogen and oxygen atoms in total. The summed E-state index contributed by atoms with van der Waals surface area (Å²) in [6.07, 6.45) is -0.0913. The molecule has 0 spiro atoms. The van der Waals surface area contributed by atoms with Crippen molar-refractivity contribution in [3.05, 3.63) is 12.1 Å². The van der Waals surface area contributed by atoms with E-state index in [0.29, 0.717) is 5.75 Å². The number of hydrogen-bond acceptors (Lipinski definition) is 6. The Morgan fingerprint density at radius 1 is 1.21 bits per heavy atom. The maximum Gasteiger partial charge on any atom is 0.318 e. The van der Waals surface area contributed by atoms with E-state index >= 15 is 0 Å². The summed E-state index contributed by atoms with van der Waals surface area (Å²) in [7, 11) is 2.79. The summed E-state index contributed by atoms with van der Waals surface area (Å²) >= 11 is 0. The van der Waals surface area contributed by atoms with Crippen LogP contribution in [0.3, 0.4) is 0 Å². The Labute approximate surface area is 110 Å². The molecule has 1 N–H and O–H groups in total. The van der Waals surface area contributed by atoms with Crippen LogP contribution >= 0.6 is 0 Å². The van der Waals surface area contributed by atoms with Crippen molar-refractivity contribution >= 4 is 11.8 Å². The van der Waals surface area contributed by atoms with E-state index in [2.05, 4.69) is 0 Å². The molecule has 0 atom stereocenters. The van der Waals surface area contributed by atoms with Crippen molar-refractivity contribution in [1.82, 2.24) is 0 Å². The van der Waals surface area contributed by atoms with Gasteiger partial charge in [0, 0.05) is 18.6 Å². The van der Waals surface area contributed by atoms with Crippen LogP contribution in [0.5, 0.6) is 23.0 Å². The molecule has 0 fully saturated rings. The van der Waals surface area contributed by atoms with Gasteiger partial charge in [-0.3, -0.25) is 9.59 Å². The molecule has 6 heteroatoms. The highest BCUT2D eigenvalue weighted by atomic mass is 16.6. The first-order valence-electron chi connectivity index (χ1n) is 5.69. The first-order chi connectivity index (χ1) is 9.01. The zero-order valence-corrected chi connectivity index (χ0v) is 11.1. The summed E-state index contributed by atoms with van der Waals surface area (Å²) in [6, 6.07) is 2.75. The number of phenols is 1. The lowest BCUT2D eigenvalue weighted by Crippen LogP contribution is -2.13. The minimum absolute atomic E-state index is 0.128. The van der Waals surface area contributed by atoms with Crippen molar-refractivity contribution in [3.63, 3.8) is 0 Å². The molecule has 19 heavy (non-hydrogen) atoms. The molecule has 0 aliphatic heterocycles. The standard InChI is InChI=1S/C13H16O6/c1-4-8(14)5-12(16)19-13-10(15)6-9(17-2)7-11(13)18-3/h6-7,15H,4-5H2,1-3H3. The number of ketones is 1. The number of methoxy groups -OCH3 is 2. The molecular weight excluding hydrogens is 252 g/mol. The third-order valence-electron chi connectivity index (χ3n) is 2.42. The number of esters is 1. The van der Waals surface area contributed by atoms with Gasteiger partial charge in [0.25, 0.3) is 0 Å². The fourth-order valence-corrected chi connectivity index (χ4v) is 1.37. The number of carbonyl (C=O) groups is 2. The third kappa shape index (κ3) is 3.87. The van der Waals surface area contributed by atoms with Crippen LogP contribution in [-0.4, -0.2) is 31.1 Å². The molecule has 0 bridgehead atoms. The highest BCUT2D eigenvalue weighted by Crippen LogP contribution is 2.40. The smallest absolute Gasteiger partial charge is 0.318 e. The van der Waals surface area contributed by atoms with Gasteiger partial charge < -0.3 is 19.3 Å². The second kappa shape index (κ2) is 6.63. The number of aromatic hydroxyl groups is 1. The number of carbonyl (C=O) groups excluding carboxylic acids is 2. The molecule has 104 valence electrons. The predicted octanol–water partition coefficient (Wildman–Crippen LogP) is 1.68. The van der Waals surface area contributed by atoms with Crippen molar-refractivity contribution in [1.29, 1.82) is 0 Å². The van der Waals surface area contributed by atoms with Crippen LogP contribution < -0.4 is 14.2 Å². The van der Waals surface area contributed by atoms with Crippen LogP contribution in [0, 0.1) is 0 Å². The summed E-state index contributed by atoms with van der Waals surface area (Å²) in [5.41, 5.74) is 0. The van der Waals surface area contributed by atoms with E-state index in [1.165, 1.54) is 26.4 Å². The van der Waals surface area contributed by atoms with Gasteiger partial charge in [-0.2, -0.15) is 0 Å². The largest absolute Gasteiger partial charge is 0.504 e. The van der Waals surface area contributed by atoms with Crippen LogP contribution in [0.1, 0.15) is 19.8 Å². The van der Waals surface area contributed by atoms with Gasteiger partial charge in [-0.05, 0) is 0 Å². The monoisotopic (exact) mass is 268 g/mol. The van der Waals surface area contributed by atoms with Crippen LogP contribution in [0.15, 0.2) is 12.1 Å². The lowest BCUT2D eigenvalue weighted by Gasteiger charge is -2.12. The van der Waals surface area contributed by atoms with Crippen molar-refractivity contribution in [2.24, 2.45) is 0 Å². The van der Waals surface area contributed by atoms with Gasteiger partial charge in [-0.1, -0.05) is 6.92 Å². The molecule has 0 aromatic heterocycles. The second-order valence-electron chi connectivity index (χ2n) is 3.72. The predicted molar refractivity (Wildman–Crippen MR) is 66.8 cm³/mol. The number of rotatable bonds is 6. The SMILES string of the molecule is CCC(=O)CC(=O)Oc1c(O)cc(OC)cc1OC. The highest BCUT2D eigenvalue weighted by molar-refractivity contribution is 5.96. The van der Waals surface area contributed by atoms with Gasteiger partial charge in [0.1, 0.15) is 18.0 Å². The zero-order chi connectivity index (χ0) is 14.4. The van der Waals surface area contributed by atoms with Crippen molar-refractivity contribution in [2.45, 2.75) is 19.8 Å². The number of hydrogen-bond donors (Lipinski definition) is 1. The van der Waals surface area contributed by atoms with E-state index in [1.807, 2.05) is 0 Å². The Bertz CT molecular complexity index is 480. The van der Waals surface area contributed by atoms with Crippen LogP contribution in [0.2, 0.25) is 0 Å². The minimum Gasteiger partial charge on any atom is -0.504 e. The molecular formula is C13H16O6. The lowest BCUT2D eigenvalue weighted by molar-refractivity contribution is -0.138. The summed E-state index contributed by atoms with van der Waals surface area (Å²) < 4.78 is 14.9. The first kappa shape index (κ1) is 14.8. The zero-order valence-electron chi connectivity index (χ0n) is 11.1. The Morgan fingerprint density at radius 2 is 1.89 bits per heavy atom. The molecule has 1 aromatic rings. The molecule has 0 saturated heterocycles. The molecule has 0 aliphatic rings.